The average molecular weight is 474 g/mol. The number of hydrogen-bond acceptors (Lipinski definition) is 6. The second-order valence-electron chi connectivity index (χ2n) is 8.38. The number of ether oxygens (including phenoxy) is 2. The Morgan fingerprint density at radius 1 is 1.00 bits per heavy atom. The zero-order valence-corrected chi connectivity index (χ0v) is 19.6. The van der Waals surface area contributed by atoms with Crippen molar-refractivity contribution >= 4 is 17.4 Å². The van der Waals surface area contributed by atoms with Crippen molar-refractivity contribution in [1.29, 1.82) is 0 Å². The fourth-order valence-corrected chi connectivity index (χ4v) is 4.17. The lowest BCUT2D eigenvalue weighted by molar-refractivity contribution is -0.140. The van der Waals surface area contributed by atoms with Crippen LogP contribution in [0, 0.1) is 6.92 Å². The van der Waals surface area contributed by atoms with Crippen molar-refractivity contribution in [3.05, 3.63) is 101 Å². The first-order valence-electron chi connectivity index (χ1n) is 11.2. The zero-order valence-electron chi connectivity index (χ0n) is 19.6. The van der Waals surface area contributed by atoms with Crippen LogP contribution >= 0.6 is 0 Å². The maximum atomic E-state index is 13.0. The van der Waals surface area contributed by atoms with E-state index in [0.717, 1.165) is 11.1 Å². The molecule has 180 valence electrons. The van der Waals surface area contributed by atoms with Crippen LogP contribution in [0.5, 0.6) is 11.5 Å². The third-order valence-electron chi connectivity index (χ3n) is 5.88. The number of aliphatic hydroxyl groups is 1. The van der Waals surface area contributed by atoms with Crippen molar-refractivity contribution in [3.63, 3.8) is 0 Å². The van der Waals surface area contributed by atoms with Gasteiger partial charge in [-0.1, -0.05) is 42.0 Å². The summed E-state index contributed by atoms with van der Waals surface area (Å²) < 4.78 is 10.9. The van der Waals surface area contributed by atoms with Crippen molar-refractivity contribution in [3.8, 4) is 11.5 Å². The summed E-state index contributed by atoms with van der Waals surface area (Å²) in [5.74, 6) is -1.20. The minimum absolute atomic E-state index is 0.00468. The Labute approximate surface area is 203 Å². The van der Waals surface area contributed by atoms with Gasteiger partial charge < -0.3 is 24.6 Å². The molecule has 1 amide bonds. The predicted octanol–water partition coefficient (Wildman–Crippen LogP) is 4.35. The lowest BCUT2D eigenvalue weighted by Gasteiger charge is -2.25. The van der Waals surface area contributed by atoms with E-state index in [4.69, 9.17) is 9.47 Å². The Balaban J connectivity index is 1.64. The minimum atomic E-state index is -0.852. The number of ketones is 1. The first-order chi connectivity index (χ1) is 16.9. The summed E-state index contributed by atoms with van der Waals surface area (Å²) in [4.78, 5) is 27.1. The quantitative estimate of drug-likeness (QED) is 0.287. The van der Waals surface area contributed by atoms with Crippen LogP contribution in [-0.2, 0) is 20.9 Å². The van der Waals surface area contributed by atoms with Gasteiger partial charge in [-0.2, -0.15) is 0 Å². The van der Waals surface area contributed by atoms with Crippen molar-refractivity contribution in [2.75, 3.05) is 20.3 Å². The molecule has 1 heterocycles. The molecule has 4 rings (SSSR count). The van der Waals surface area contributed by atoms with Crippen LogP contribution in [0.3, 0.4) is 0 Å². The van der Waals surface area contributed by atoms with Crippen LogP contribution in [0.2, 0.25) is 0 Å². The highest BCUT2D eigenvalue weighted by molar-refractivity contribution is 6.46. The number of Topliss-reactive ketones (excluding diaryl/α,β-unsaturated/α-hetero) is 1. The van der Waals surface area contributed by atoms with Gasteiger partial charge in [-0.05, 0) is 54.4 Å². The van der Waals surface area contributed by atoms with E-state index in [0.29, 0.717) is 23.5 Å². The number of hydrogen-bond donors (Lipinski definition) is 2. The molecule has 0 aliphatic carbocycles. The summed E-state index contributed by atoms with van der Waals surface area (Å²) in [6.07, 6.45) is 0. The summed E-state index contributed by atoms with van der Waals surface area (Å²) >= 11 is 0. The van der Waals surface area contributed by atoms with Crippen LogP contribution in [0.25, 0.3) is 5.76 Å². The van der Waals surface area contributed by atoms with Gasteiger partial charge in [0, 0.05) is 19.2 Å². The van der Waals surface area contributed by atoms with Gasteiger partial charge in [-0.15, -0.1) is 0 Å². The number of aryl methyl sites for hydroxylation is 1. The summed E-state index contributed by atoms with van der Waals surface area (Å²) in [7, 11) is 1.50. The molecule has 7 heteroatoms. The fourth-order valence-electron chi connectivity index (χ4n) is 4.17. The van der Waals surface area contributed by atoms with Crippen LogP contribution < -0.4 is 4.74 Å². The van der Waals surface area contributed by atoms with Gasteiger partial charge in [0.2, 0.25) is 0 Å². The standard InChI is InChI=1S/C28H27NO6/c1-18-5-3-6-19(15-18)17-35-23-11-9-20(10-12-23)26(31)24-25(21-7-4-8-22(30)16-21)29(13-14-34-2)28(33)27(24)32/h3-12,15-16,25,30-31H,13-14,17H2,1-2H3/b26-24+/t25-/m0/s1. The van der Waals surface area contributed by atoms with Crippen LogP contribution in [0.1, 0.15) is 28.3 Å². The largest absolute Gasteiger partial charge is 0.508 e. The Bertz CT molecular complexity index is 1260. The molecule has 0 unspecified atom stereocenters. The van der Waals surface area contributed by atoms with Crippen LogP contribution in [0.15, 0.2) is 78.4 Å². The molecule has 35 heavy (non-hydrogen) atoms. The Morgan fingerprint density at radius 2 is 1.74 bits per heavy atom. The lowest BCUT2D eigenvalue weighted by atomic mass is 9.95. The zero-order chi connectivity index (χ0) is 24.9. The number of carbonyl (C=O) groups excluding carboxylic acids is 2. The monoisotopic (exact) mass is 473 g/mol. The van der Waals surface area contributed by atoms with Gasteiger partial charge in [0.25, 0.3) is 11.7 Å². The molecule has 0 aromatic heterocycles. The lowest BCUT2D eigenvalue weighted by Crippen LogP contribution is -2.32. The van der Waals surface area contributed by atoms with Gasteiger partial charge in [-0.3, -0.25) is 9.59 Å². The number of likely N-dealkylation sites (tertiary alicyclic amines) is 1. The number of phenols is 1. The maximum Gasteiger partial charge on any atom is 0.295 e. The molecular weight excluding hydrogens is 446 g/mol. The fraction of sp³-hybridized carbons (Fsp3) is 0.214. The molecule has 2 N–H and O–H groups in total. The third kappa shape index (κ3) is 5.20. The average Bonchev–Trinajstić information content (AvgIpc) is 3.11. The summed E-state index contributed by atoms with van der Waals surface area (Å²) in [5, 5.41) is 21.1. The van der Waals surface area contributed by atoms with Crippen LogP contribution in [-0.4, -0.2) is 47.1 Å². The first-order valence-corrected chi connectivity index (χ1v) is 11.2. The van der Waals surface area contributed by atoms with E-state index in [-0.39, 0.29) is 30.2 Å². The number of carbonyl (C=O) groups is 2. The molecule has 1 atom stereocenters. The molecule has 1 aliphatic heterocycles. The Hall–Kier alpha value is -4.10. The normalized spacial score (nSPS) is 17.1. The SMILES string of the molecule is COCCN1C(=O)C(=O)/C(=C(/O)c2ccc(OCc3cccc(C)c3)cc2)[C@@H]1c1cccc(O)c1. The number of amides is 1. The molecule has 0 radical (unpaired) electrons. The minimum Gasteiger partial charge on any atom is -0.508 e. The number of rotatable bonds is 8. The number of benzene rings is 3. The molecule has 0 spiro atoms. The van der Waals surface area contributed by atoms with Crippen molar-refractivity contribution in [1.82, 2.24) is 4.90 Å². The predicted molar refractivity (Wildman–Crippen MR) is 131 cm³/mol. The molecule has 0 bridgehead atoms. The molecule has 7 nitrogen and oxygen atoms in total. The van der Waals surface area contributed by atoms with Gasteiger partial charge in [0.05, 0.1) is 18.2 Å². The van der Waals surface area contributed by atoms with E-state index in [1.54, 1.807) is 36.4 Å². The van der Waals surface area contributed by atoms with E-state index in [2.05, 4.69) is 0 Å². The van der Waals surface area contributed by atoms with E-state index in [1.165, 1.54) is 24.1 Å². The second kappa shape index (κ2) is 10.4. The van der Waals surface area contributed by atoms with Gasteiger partial charge >= 0.3 is 0 Å². The van der Waals surface area contributed by atoms with Gasteiger partial charge in [0.15, 0.2) is 0 Å². The molecule has 1 aliphatic rings. The molecule has 1 fully saturated rings. The van der Waals surface area contributed by atoms with E-state index in [9.17, 15) is 19.8 Å². The smallest absolute Gasteiger partial charge is 0.295 e. The summed E-state index contributed by atoms with van der Waals surface area (Å²) in [6.45, 7) is 2.79. The Morgan fingerprint density at radius 3 is 2.43 bits per heavy atom. The Kier molecular flexibility index (Phi) is 7.17. The van der Waals surface area contributed by atoms with Crippen molar-refractivity contribution in [2.45, 2.75) is 19.6 Å². The highest BCUT2D eigenvalue weighted by Gasteiger charge is 2.45. The molecule has 0 saturated carbocycles. The number of aromatic hydroxyl groups is 1. The number of phenolic OH excluding ortho intramolecular Hbond substituents is 1. The van der Waals surface area contributed by atoms with Gasteiger partial charge in [0.1, 0.15) is 23.9 Å². The third-order valence-corrected chi connectivity index (χ3v) is 5.88. The highest BCUT2D eigenvalue weighted by atomic mass is 16.5. The van der Waals surface area contributed by atoms with E-state index < -0.39 is 17.7 Å². The van der Waals surface area contributed by atoms with E-state index >= 15 is 0 Å². The number of methoxy groups -OCH3 is 1. The summed E-state index contributed by atoms with van der Waals surface area (Å²) in [5.41, 5.74) is 3.04. The highest BCUT2D eigenvalue weighted by Crippen LogP contribution is 2.40. The first kappa shape index (κ1) is 24.0. The maximum absolute atomic E-state index is 13.0. The van der Waals surface area contributed by atoms with Crippen molar-refractivity contribution in [2.24, 2.45) is 0 Å². The molecule has 3 aromatic carbocycles. The second-order valence-corrected chi connectivity index (χ2v) is 8.38. The number of nitrogens with zero attached hydrogens (tertiary/aromatic N) is 1. The molecule has 3 aromatic rings. The van der Waals surface area contributed by atoms with E-state index in [1.807, 2.05) is 31.2 Å². The number of aliphatic hydroxyl groups excluding tert-OH is 1. The molecule has 1 saturated heterocycles. The topological polar surface area (TPSA) is 96.3 Å². The van der Waals surface area contributed by atoms with Crippen LogP contribution in [0.4, 0.5) is 0 Å². The van der Waals surface area contributed by atoms with Gasteiger partial charge in [-0.25, -0.2) is 0 Å². The van der Waals surface area contributed by atoms with Crippen molar-refractivity contribution < 1.29 is 29.3 Å². The molecular formula is C28H27NO6. The summed E-state index contributed by atoms with van der Waals surface area (Å²) in [6, 6.07) is 20.2.